The van der Waals surface area contributed by atoms with Crippen LogP contribution in [-0.2, 0) is 14.6 Å². The van der Waals surface area contributed by atoms with E-state index in [1.165, 1.54) is 0 Å². The van der Waals surface area contributed by atoms with Crippen LogP contribution in [0.1, 0.15) is 12.8 Å². The first kappa shape index (κ1) is 17.1. The summed E-state index contributed by atoms with van der Waals surface area (Å²) in [5, 5.41) is 0. The minimum absolute atomic E-state index is 0.00196. The molecule has 2 aliphatic heterocycles. The predicted molar refractivity (Wildman–Crippen MR) is 93.2 cm³/mol. The van der Waals surface area contributed by atoms with Gasteiger partial charge in [0.25, 0.3) is 0 Å². The Morgan fingerprint density at radius 2 is 1.83 bits per heavy atom. The maximum Gasteiger partial charge on any atom is 0.223 e. The van der Waals surface area contributed by atoms with Crippen LogP contribution in [0.25, 0.3) is 0 Å². The van der Waals surface area contributed by atoms with E-state index >= 15 is 0 Å². The molecule has 6 nitrogen and oxygen atoms in total. The molecule has 7 heteroatoms. The minimum Gasteiger partial charge on any atom is -0.497 e. The molecule has 0 unspecified atom stereocenters. The number of methoxy groups -OCH3 is 1. The van der Waals surface area contributed by atoms with E-state index in [1.807, 2.05) is 29.2 Å². The summed E-state index contributed by atoms with van der Waals surface area (Å²) in [6.45, 7) is 2.96. The van der Waals surface area contributed by atoms with Crippen LogP contribution >= 0.6 is 0 Å². The number of rotatable bonds is 4. The number of sulfone groups is 1. The van der Waals surface area contributed by atoms with E-state index in [0.29, 0.717) is 25.9 Å². The molecule has 1 atom stereocenters. The number of benzene rings is 1. The lowest BCUT2D eigenvalue weighted by Gasteiger charge is -2.36. The lowest BCUT2D eigenvalue weighted by atomic mass is 10.0. The number of nitrogens with zero attached hydrogens (tertiary/aromatic N) is 2. The molecule has 0 radical (unpaired) electrons. The second-order valence-corrected chi connectivity index (χ2v) is 8.77. The van der Waals surface area contributed by atoms with E-state index in [2.05, 4.69) is 4.90 Å². The molecule has 2 aliphatic rings. The Morgan fingerprint density at radius 1 is 1.17 bits per heavy atom. The van der Waals surface area contributed by atoms with Crippen LogP contribution in [0.4, 0.5) is 5.69 Å². The van der Waals surface area contributed by atoms with Crippen LogP contribution in [0.5, 0.6) is 5.75 Å². The molecule has 2 fully saturated rings. The Hall–Kier alpha value is -1.76. The molecule has 0 aliphatic carbocycles. The number of amides is 1. The molecule has 132 valence electrons. The van der Waals surface area contributed by atoms with Crippen molar-refractivity contribution in [1.82, 2.24) is 4.90 Å². The quantitative estimate of drug-likeness (QED) is 0.814. The second kappa shape index (κ2) is 7.01. The summed E-state index contributed by atoms with van der Waals surface area (Å²) in [5.74, 6) is 1.33. The van der Waals surface area contributed by atoms with Crippen molar-refractivity contribution in [2.45, 2.75) is 12.8 Å². The third kappa shape index (κ3) is 4.01. The molecule has 0 saturated carbocycles. The number of hydrogen-bond acceptors (Lipinski definition) is 5. The highest BCUT2D eigenvalue weighted by molar-refractivity contribution is 7.91. The highest BCUT2D eigenvalue weighted by Crippen LogP contribution is 2.24. The summed E-state index contributed by atoms with van der Waals surface area (Å²) in [5.41, 5.74) is 1.13. The van der Waals surface area contributed by atoms with E-state index in [4.69, 9.17) is 4.74 Å². The average molecular weight is 352 g/mol. The molecule has 0 N–H and O–H groups in total. The van der Waals surface area contributed by atoms with Crippen molar-refractivity contribution >= 4 is 21.4 Å². The topological polar surface area (TPSA) is 66.9 Å². The van der Waals surface area contributed by atoms with Gasteiger partial charge in [-0.2, -0.15) is 0 Å². The molecule has 1 aromatic rings. The Morgan fingerprint density at radius 3 is 2.38 bits per heavy atom. The largest absolute Gasteiger partial charge is 0.497 e. The number of piperazine rings is 1. The summed E-state index contributed by atoms with van der Waals surface area (Å²) in [6, 6.07) is 7.93. The van der Waals surface area contributed by atoms with Gasteiger partial charge in [0, 0.05) is 38.3 Å². The second-order valence-electron chi connectivity index (χ2n) is 6.54. The van der Waals surface area contributed by atoms with Gasteiger partial charge in [0.2, 0.25) is 5.91 Å². The summed E-state index contributed by atoms with van der Waals surface area (Å²) in [6.07, 6.45) is 0.988. The van der Waals surface area contributed by atoms with E-state index in [1.54, 1.807) is 7.11 Å². The number of hydrogen-bond donors (Lipinski definition) is 0. The molecule has 3 rings (SSSR count). The highest BCUT2D eigenvalue weighted by atomic mass is 32.2. The van der Waals surface area contributed by atoms with Crippen molar-refractivity contribution in [2.24, 2.45) is 5.92 Å². The van der Waals surface area contributed by atoms with Crippen molar-refractivity contribution in [3.63, 3.8) is 0 Å². The SMILES string of the molecule is COc1ccc(N2CCN(C(=O)C[C@H]3CCS(=O)(=O)C3)CC2)cc1. The van der Waals surface area contributed by atoms with E-state index in [0.717, 1.165) is 24.5 Å². The maximum atomic E-state index is 12.4. The highest BCUT2D eigenvalue weighted by Gasteiger charge is 2.31. The van der Waals surface area contributed by atoms with Gasteiger partial charge in [-0.3, -0.25) is 4.79 Å². The minimum atomic E-state index is -2.91. The summed E-state index contributed by atoms with van der Waals surface area (Å²) >= 11 is 0. The van der Waals surface area contributed by atoms with Gasteiger partial charge in [-0.15, -0.1) is 0 Å². The lowest BCUT2D eigenvalue weighted by Crippen LogP contribution is -2.49. The zero-order valence-corrected chi connectivity index (χ0v) is 14.8. The fourth-order valence-electron chi connectivity index (χ4n) is 3.42. The molecular weight excluding hydrogens is 328 g/mol. The van der Waals surface area contributed by atoms with Gasteiger partial charge in [0.15, 0.2) is 9.84 Å². The van der Waals surface area contributed by atoms with Gasteiger partial charge in [0.1, 0.15) is 5.75 Å². The number of ether oxygens (including phenoxy) is 1. The van der Waals surface area contributed by atoms with Crippen LogP contribution in [0, 0.1) is 5.92 Å². The van der Waals surface area contributed by atoms with Crippen LogP contribution in [-0.4, -0.2) is 64.0 Å². The van der Waals surface area contributed by atoms with Crippen molar-refractivity contribution in [3.8, 4) is 5.75 Å². The summed E-state index contributed by atoms with van der Waals surface area (Å²) in [4.78, 5) is 16.5. The van der Waals surface area contributed by atoms with Gasteiger partial charge >= 0.3 is 0 Å². The molecule has 2 heterocycles. The van der Waals surface area contributed by atoms with Crippen LogP contribution < -0.4 is 9.64 Å². The number of carbonyl (C=O) groups excluding carboxylic acids is 1. The molecule has 1 aromatic carbocycles. The van der Waals surface area contributed by atoms with Gasteiger partial charge < -0.3 is 14.5 Å². The van der Waals surface area contributed by atoms with Crippen LogP contribution in [0.15, 0.2) is 24.3 Å². The van der Waals surface area contributed by atoms with Crippen LogP contribution in [0.3, 0.4) is 0 Å². The van der Waals surface area contributed by atoms with E-state index in [9.17, 15) is 13.2 Å². The first-order valence-corrected chi connectivity index (χ1v) is 10.2. The Kier molecular flexibility index (Phi) is 4.99. The normalized spacial score (nSPS) is 23.3. The van der Waals surface area contributed by atoms with Gasteiger partial charge in [-0.25, -0.2) is 8.42 Å². The maximum absolute atomic E-state index is 12.4. The molecule has 2 saturated heterocycles. The number of carbonyl (C=O) groups is 1. The van der Waals surface area contributed by atoms with E-state index < -0.39 is 9.84 Å². The van der Waals surface area contributed by atoms with Crippen molar-refractivity contribution in [1.29, 1.82) is 0 Å². The lowest BCUT2D eigenvalue weighted by molar-refractivity contribution is -0.132. The molecule has 1 amide bonds. The molecule has 24 heavy (non-hydrogen) atoms. The van der Waals surface area contributed by atoms with Crippen LogP contribution in [0.2, 0.25) is 0 Å². The van der Waals surface area contributed by atoms with Crippen molar-refractivity contribution in [2.75, 3.05) is 49.7 Å². The zero-order chi connectivity index (χ0) is 17.2. The summed E-state index contributed by atoms with van der Waals surface area (Å²) in [7, 11) is -1.26. The zero-order valence-electron chi connectivity index (χ0n) is 14.0. The summed E-state index contributed by atoms with van der Waals surface area (Å²) < 4.78 is 28.2. The molecule has 0 bridgehead atoms. The van der Waals surface area contributed by atoms with Gasteiger partial charge in [0.05, 0.1) is 18.6 Å². The standard InChI is InChI=1S/C17H24N2O4S/c1-23-16-4-2-15(3-5-16)18-7-9-19(10-8-18)17(20)12-14-6-11-24(21,22)13-14/h2-5,14H,6-13H2,1H3/t14-/m1/s1. The van der Waals surface area contributed by atoms with E-state index in [-0.39, 0.29) is 23.3 Å². The fraction of sp³-hybridized carbons (Fsp3) is 0.588. The Labute approximate surface area is 143 Å². The Bertz CT molecular complexity index is 679. The monoisotopic (exact) mass is 352 g/mol. The third-order valence-corrected chi connectivity index (χ3v) is 6.70. The first-order valence-electron chi connectivity index (χ1n) is 8.34. The smallest absolute Gasteiger partial charge is 0.223 e. The van der Waals surface area contributed by atoms with Gasteiger partial charge in [-0.05, 0) is 36.6 Å². The number of anilines is 1. The van der Waals surface area contributed by atoms with Crippen molar-refractivity contribution in [3.05, 3.63) is 24.3 Å². The first-order chi connectivity index (χ1) is 11.5. The average Bonchev–Trinajstić information content (AvgIpc) is 2.93. The van der Waals surface area contributed by atoms with Gasteiger partial charge in [-0.1, -0.05) is 0 Å². The molecule has 0 aromatic heterocycles. The van der Waals surface area contributed by atoms with Crippen molar-refractivity contribution < 1.29 is 17.9 Å². The molecule has 0 spiro atoms. The third-order valence-electron chi connectivity index (χ3n) is 4.86. The Balaban J connectivity index is 1.50. The molecular formula is C17H24N2O4S. The predicted octanol–water partition coefficient (Wildman–Crippen LogP) is 1.17. The fourth-order valence-corrected chi connectivity index (χ4v) is 5.28.